The van der Waals surface area contributed by atoms with E-state index in [1.807, 2.05) is 11.9 Å². The van der Waals surface area contributed by atoms with Crippen molar-refractivity contribution in [2.24, 2.45) is 7.05 Å². The zero-order valence-electron chi connectivity index (χ0n) is 16.9. The minimum atomic E-state index is -0.477. The molecule has 1 saturated heterocycles. The topological polar surface area (TPSA) is 88.7 Å². The summed E-state index contributed by atoms with van der Waals surface area (Å²) in [6.45, 7) is 2.77. The van der Waals surface area contributed by atoms with E-state index in [0.29, 0.717) is 30.1 Å². The average molecular weight is 425 g/mol. The SMILES string of the molecule is Cn1cc(Nc2ncc3cnn(Cc4cc(F)cc(N5CCNCC5)c4F)c3n2)cn1. The molecule has 0 unspecified atom stereocenters. The van der Waals surface area contributed by atoms with Crippen LogP contribution < -0.4 is 15.5 Å². The van der Waals surface area contributed by atoms with Crippen molar-refractivity contribution in [3.8, 4) is 0 Å². The smallest absolute Gasteiger partial charge is 0.229 e. The zero-order chi connectivity index (χ0) is 21.4. The molecule has 4 heterocycles. The number of aromatic nitrogens is 6. The van der Waals surface area contributed by atoms with Crippen LogP contribution in [0.1, 0.15) is 5.56 Å². The third-order valence-electron chi connectivity index (χ3n) is 5.21. The lowest BCUT2D eigenvalue weighted by Crippen LogP contribution is -2.44. The van der Waals surface area contributed by atoms with E-state index in [1.165, 1.54) is 12.1 Å². The second kappa shape index (κ2) is 7.91. The molecule has 1 fully saturated rings. The number of nitrogens with zero attached hydrogens (tertiary/aromatic N) is 7. The molecule has 160 valence electrons. The molecule has 0 aliphatic carbocycles. The summed E-state index contributed by atoms with van der Waals surface area (Å²) in [5, 5.41) is 15.4. The Morgan fingerprint density at radius 1 is 1.10 bits per heavy atom. The number of nitrogens with one attached hydrogen (secondary N) is 2. The lowest BCUT2D eigenvalue weighted by atomic mass is 10.1. The van der Waals surface area contributed by atoms with E-state index in [-0.39, 0.29) is 17.8 Å². The van der Waals surface area contributed by atoms with E-state index >= 15 is 4.39 Å². The largest absolute Gasteiger partial charge is 0.367 e. The Labute approximate surface area is 176 Å². The number of halogens is 2. The van der Waals surface area contributed by atoms with Gasteiger partial charge < -0.3 is 15.5 Å². The van der Waals surface area contributed by atoms with Crippen molar-refractivity contribution in [3.63, 3.8) is 0 Å². The number of anilines is 3. The number of benzene rings is 1. The molecule has 0 radical (unpaired) electrons. The fourth-order valence-electron chi connectivity index (χ4n) is 3.70. The molecule has 1 aliphatic heterocycles. The van der Waals surface area contributed by atoms with Gasteiger partial charge in [-0.1, -0.05) is 0 Å². The van der Waals surface area contributed by atoms with Crippen LogP contribution in [0.15, 0.2) is 36.9 Å². The highest BCUT2D eigenvalue weighted by atomic mass is 19.1. The van der Waals surface area contributed by atoms with Gasteiger partial charge in [-0.15, -0.1) is 0 Å². The van der Waals surface area contributed by atoms with Crippen LogP contribution in [0.5, 0.6) is 0 Å². The van der Waals surface area contributed by atoms with Gasteiger partial charge in [-0.05, 0) is 6.07 Å². The van der Waals surface area contributed by atoms with E-state index < -0.39 is 11.6 Å². The highest BCUT2D eigenvalue weighted by Gasteiger charge is 2.20. The predicted molar refractivity (Wildman–Crippen MR) is 112 cm³/mol. The van der Waals surface area contributed by atoms with Gasteiger partial charge in [0, 0.05) is 57.3 Å². The molecule has 9 nitrogen and oxygen atoms in total. The molecule has 5 rings (SSSR count). The Balaban J connectivity index is 1.46. The first-order valence-electron chi connectivity index (χ1n) is 9.94. The van der Waals surface area contributed by atoms with Gasteiger partial charge in [0.25, 0.3) is 0 Å². The zero-order valence-corrected chi connectivity index (χ0v) is 16.9. The van der Waals surface area contributed by atoms with Gasteiger partial charge in [-0.3, -0.25) is 4.68 Å². The Bertz CT molecular complexity index is 1230. The normalized spacial score (nSPS) is 14.4. The first-order valence-corrected chi connectivity index (χ1v) is 9.94. The summed E-state index contributed by atoms with van der Waals surface area (Å²) in [6.07, 6.45) is 6.70. The molecular formula is C20H21F2N9. The molecule has 0 amide bonds. The molecule has 31 heavy (non-hydrogen) atoms. The molecule has 0 saturated carbocycles. The summed E-state index contributed by atoms with van der Waals surface area (Å²) in [6, 6.07) is 2.47. The quantitative estimate of drug-likeness (QED) is 0.506. The van der Waals surface area contributed by atoms with Crippen molar-refractivity contribution in [2.75, 3.05) is 36.4 Å². The maximum absolute atomic E-state index is 15.3. The Hall–Kier alpha value is -3.60. The van der Waals surface area contributed by atoms with Crippen LogP contribution in [-0.2, 0) is 13.6 Å². The van der Waals surface area contributed by atoms with E-state index in [4.69, 9.17) is 0 Å². The van der Waals surface area contributed by atoms with Crippen molar-refractivity contribution in [1.82, 2.24) is 34.8 Å². The number of aryl methyl sites for hydroxylation is 1. The van der Waals surface area contributed by atoms with Crippen LogP contribution in [-0.4, -0.2) is 55.7 Å². The Morgan fingerprint density at radius 3 is 2.71 bits per heavy atom. The van der Waals surface area contributed by atoms with Gasteiger partial charge in [0.05, 0.1) is 35.7 Å². The van der Waals surface area contributed by atoms with Crippen molar-refractivity contribution >= 4 is 28.4 Å². The van der Waals surface area contributed by atoms with E-state index in [0.717, 1.165) is 18.8 Å². The van der Waals surface area contributed by atoms with Crippen LogP contribution in [0, 0.1) is 11.6 Å². The van der Waals surface area contributed by atoms with Gasteiger partial charge in [-0.2, -0.15) is 15.2 Å². The van der Waals surface area contributed by atoms with Crippen LogP contribution in [0.3, 0.4) is 0 Å². The van der Waals surface area contributed by atoms with Gasteiger partial charge in [0.15, 0.2) is 11.5 Å². The van der Waals surface area contributed by atoms with Crippen LogP contribution in [0.4, 0.5) is 26.1 Å². The Morgan fingerprint density at radius 2 is 1.94 bits per heavy atom. The number of hydrogen-bond acceptors (Lipinski definition) is 7. The van der Waals surface area contributed by atoms with Gasteiger partial charge in [0.2, 0.25) is 5.95 Å². The fraction of sp³-hybridized carbons (Fsp3) is 0.300. The summed E-state index contributed by atoms with van der Waals surface area (Å²) < 4.78 is 32.8. The maximum Gasteiger partial charge on any atom is 0.229 e. The highest BCUT2D eigenvalue weighted by Crippen LogP contribution is 2.26. The second-order valence-corrected chi connectivity index (χ2v) is 7.44. The molecule has 0 atom stereocenters. The molecule has 3 aromatic heterocycles. The summed E-state index contributed by atoms with van der Waals surface area (Å²) in [5.74, 6) is -0.548. The van der Waals surface area contributed by atoms with Gasteiger partial charge in [-0.25, -0.2) is 18.4 Å². The minimum Gasteiger partial charge on any atom is -0.367 e. The first kappa shape index (κ1) is 19.4. The molecule has 0 bridgehead atoms. The second-order valence-electron chi connectivity index (χ2n) is 7.44. The average Bonchev–Trinajstić information content (AvgIpc) is 3.37. The van der Waals surface area contributed by atoms with Crippen molar-refractivity contribution in [2.45, 2.75) is 6.54 Å². The van der Waals surface area contributed by atoms with Crippen molar-refractivity contribution < 1.29 is 8.78 Å². The molecule has 1 aliphatic rings. The predicted octanol–water partition coefficient (Wildman–Crippen LogP) is 2.04. The van der Waals surface area contributed by atoms with Gasteiger partial charge in [0.1, 0.15) is 5.82 Å². The highest BCUT2D eigenvalue weighted by molar-refractivity contribution is 5.75. The standard InChI is InChI=1S/C20H21F2N9/c1-29-12-16(10-25-29)27-20-24-8-14-9-26-31(19(14)28-20)11-13-6-15(21)7-17(18(13)22)30-4-2-23-3-5-30/h6-10,12,23H,2-5,11H2,1H3,(H,24,27,28). The minimum absolute atomic E-state index is 0.0511. The van der Waals surface area contributed by atoms with Crippen LogP contribution in [0.2, 0.25) is 0 Å². The number of piperazine rings is 1. The lowest BCUT2D eigenvalue weighted by Gasteiger charge is -2.30. The number of rotatable bonds is 5. The van der Waals surface area contributed by atoms with Crippen molar-refractivity contribution in [1.29, 1.82) is 0 Å². The van der Waals surface area contributed by atoms with E-state index in [9.17, 15) is 4.39 Å². The molecule has 11 heteroatoms. The van der Waals surface area contributed by atoms with Crippen molar-refractivity contribution in [3.05, 3.63) is 54.1 Å². The van der Waals surface area contributed by atoms with E-state index in [1.54, 1.807) is 34.2 Å². The Kier molecular flexibility index (Phi) is 4.94. The van der Waals surface area contributed by atoms with Gasteiger partial charge >= 0.3 is 0 Å². The molecule has 4 aromatic rings. The van der Waals surface area contributed by atoms with E-state index in [2.05, 4.69) is 30.8 Å². The fourth-order valence-corrected chi connectivity index (χ4v) is 3.70. The lowest BCUT2D eigenvalue weighted by molar-refractivity contribution is 0.543. The number of fused-ring (bicyclic) bond motifs is 1. The maximum atomic E-state index is 15.3. The molecule has 0 spiro atoms. The number of hydrogen-bond donors (Lipinski definition) is 2. The third kappa shape index (κ3) is 3.91. The summed E-state index contributed by atoms with van der Waals surface area (Å²) in [5.41, 5.74) is 1.76. The summed E-state index contributed by atoms with van der Waals surface area (Å²) in [4.78, 5) is 10.6. The third-order valence-corrected chi connectivity index (χ3v) is 5.21. The molecule has 2 N–H and O–H groups in total. The molecular weight excluding hydrogens is 404 g/mol. The summed E-state index contributed by atoms with van der Waals surface area (Å²) in [7, 11) is 1.81. The van der Waals surface area contributed by atoms with Crippen LogP contribution in [0.25, 0.3) is 11.0 Å². The monoisotopic (exact) mass is 425 g/mol. The molecule has 1 aromatic carbocycles. The summed E-state index contributed by atoms with van der Waals surface area (Å²) >= 11 is 0. The first-order chi connectivity index (χ1) is 15.1. The van der Waals surface area contributed by atoms with Crippen LogP contribution >= 0.6 is 0 Å².